The van der Waals surface area contributed by atoms with Crippen molar-refractivity contribution in [1.29, 1.82) is 0 Å². The van der Waals surface area contributed by atoms with Crippen LogP contribution in [0.15, 0.2) is 65.1 Å². The van der Waals surface area contributed by atoms with E-state index in [-0.39, 0.29) is 0 Å². The Morgan fingerprint density at radius 3 is 2.57 bits per heavy atom. The van der Waals surface area contributed by atoms with E-state index in [1.54, 1.807) is 0 Å². The van der Waals surface area contributed by atoms with Crippen LogP contribution in [-0.4, -0.2) is 0 Å². The molecule has 0 unspecified atom stereocenters. The minimum atomic E-state index is 0.631. The van der Waals surface area contributed by atoms with Crippen LogP contribution in [0.5, 0.6) is 0 Å². The molecule has 0 atom stereocenters. The van der Waals surface area contributed by atoms with Crippen molar-refractivity contribution in [2.75, 3.05) is 5.32 Å². The lowest BCUT2D eigenvalue weighted by atomic mass is 10.2. The van der Waals surface area contributed by atoms with Crippen molar-refractivity contribution in [3.05, 3.63) is 77.0 Å². The molecule has 3 heteroatoms. The van der Waals surface area contributed by atoms with Crippen LogP contribution >= 0.6 is 11.6 Å². The van der Waals surface area contributed by atoms with Gasteiger partial charge in [-0.1, -0.05) is 48.0 Å². The molecule has 0 saturated heterocycles. The van der Waals surface area contributed by atoms with Gasteiger partial charge in [0.1, 0.15) is 11.5 Å². The number of nitrogens with one attached hydrogen (secondary N) is 1. The number of hydrogen-bond acceptors (Lipinski definition) is 2. The van der Waals surface area contributed by atoms with Crippen molar-refractivity contribution in [3.63, 3.8) is 0 Å². The summed E-state index contributed by atoms with van der Waals surface area (Å²) in [6.45, 7) is 2.62. The lowest BCUT2D eigenvalue weighted by molar-refractivity contribution is 0.531. The molecule has 21 heavy (non-hydrogen) atoms. The van der Waals surface area contributed by atoms with Gasteiger partial charge in [0.25, 0.3) is 0 Å². The summed E-state index contributed by atoms with van der Waals surface area (Å²) in [6.07, 6.45) is 0. The molecule has 0 aliphatic carbocycles. The molecule has 0 radical (unpaired) electrons. The Balaban J connectivity index is 1.69. The maximum atomic E-state index is 6.12. The molecule has 3 aromatic rings. The predicted octanol–water partition coefficient (Wildman–Crippen LogP) is 5.52. The first-order valence-electron chi connectivity index (χ1n) is 6.86. The second kappa shape index (κ2) is 6.06. The van der Waals surface area contributed by atoms with Crippen LogP contribution in [0.25, 0.3) is 11.3 Å². The van der Waals surface area contributed by atoms with Gasteiger partial charge >= 0.3 is 0 Å². The van der Waals surface area contributed by atoms with Gasteiger partial charge in [0.2, 0.25) is 0 Å². The molecular weight excluding hydrogens is 282 g/mol. The number of halogens is 1. The topological polar surface area (TPSA) is 25.2 Å². The maximum Gasteiger partial charge on any atom is 0.134 e. The van der Waals surface area contributed by atoms with E-state index < -0.39 is 0 Å². The van der Waals surface area contributed by atoms with Crippen molar-refractivity contribution in [1.82, 2.24) is 0 Å². The molecule has 0 spiro atoms. The zero-order valence-corrected chi connectivity index (χ0v) is 12.5. The van der Waals surface area contributed by atoms with Crippen molar-refractivity contribution in [3.8, 4) is 11.3 Å². The number of anilines is 1. The third-order valence-electron chi connectivity index (χ3n) is 3.36. The van der Waals surface area contributed by atoms with Gasteiger partial charge in [0.05, 0.1) is 6.54 Å². The number of hydrogen-bond donors (Lipinski definition) is 1. The Labute approximate surface area is 129 Å². The first-order valence-corrected chi connectivity index (χ1v) is 7.24. The summed E-state index contributed by atoms with van der Waals surface area (Å²) in [5, 5.41) is 4.08. The molecule has 3 rings (SSSR count). The van der Waals surface area contributed by atoms with Crippen molar-refractivity contribution < 1.29 is 4.42 Å². The molecule has 2 aromatic carbocycles. The van der Waals surface area contributed by atoms with Gasteiger partial charge in [-0.15, -0.1) is 0 Å². The summed E-state index contributed by atoms with van der Waals surface area (Å²) in [6, 6.07) is 20.0. The second-order valence-corrected chi connectivity index (χ2v) is 5.36. The molecule has 2 nitrogen and oxygen atoms in total. The highest BCUT2D eigenvalue weighted by molar-refractivity contribution is 6.31. The predicted molar refractivity (Wildman–Crippen MR) is 87.7 cm³/mol. The first kappa shape index (κ1) is 13.8. The molecule has 0 bridgehead atoms. The molecule has 106 valence electrons. The fraction of sp³-hybridized carbons (Fsp3) is 0.111. The van der Waals surface area contributed by atoms with Gasteiger partial charge in [0, 0.05) is 16.3 Å². The van der Waals surface area contributed by atoms with E-state index in [1.165, 1.54) is 0 Å². The van der Waals surface area contributed by atoms with Gasteiger partial charge in [-0.3, -0.25) is 0 Å². The molecule has 0 saturated carbocycles. The van der Waals surface area contributed by atoms with Gasteiger partial charge < -0.3 is 9.73 Å². The van der Waals surface area contributed by atoms with E-state index in [2.05, 4.69) is 5.32 Å². The SMILES string of the molecule is Cc1ccc(NCc2ccc(-c3ccccc3)o2)cc1Cl. The van der Waals surface area contributed by atoms with Crippen molar-refractivity contribution in [2.24, 2.45) is 0 Å². The van der Waals surface area contributed by atoms with Crippen molar-refractivity contribution in [2.45, 2.75) is 13.5 Å². The number of benzene rings is 2. The van der Waals surface area contributed by atoms with E-state index in [1.807, 2.05) is 67.6 Å². The highest BCUT2D eigenvalue weighted by Crippen LogP contribution is 2.23. The van der Waals surface area contributed by atoms with Crippen LogP contribution in [0.3, 0.4) is 0 Å². The smallest absolute Gasteiger partial charge is 0.134 e. The fourth-order valence-electron chi connectivity index (χ4n) is 2.12. The monoisotopic (exact) mass is 297 g/mol. The van der Waals surface area contributed by atoms with Crippen LogP contribution in [0.1, 0.15) is 11.3 Å². The van der Waals surface area contributed by atoms with E-state index >= 15 is 0 Å². The Bertz CT molecular complexity index is 734. The molecule has 1 aromatic heterocycles. The minimum absolute atomic E-state index is 0.631. The highest BCUT2D eigenvalue weighted by atomic mass is 35.5. The van der Waals surface area contributed by atoms with Crippen LogP contribution in [0, 0.1) is 6.92 Å². The Morgan fingerprint density at radius 1 is 1.00 bits per heavy atom. The molecule has 1 heterocycles. The van der Waals surface area contributed by atoms with Gasteiger partial charge in [-0.2, -0.15) is 0 Å². The average Bonchev–Trinajstić information content (AvgIpc) is 2.98. The summed E-state index contributed by atoms with van der Waals surface area (Å²) < 4.78 is 5.85. The number of aryl methyl sites for hydroxylation is 1. The summed E-state index contributed by atoms with van der Waals surface area (Å²) in [5.74, 6) is 1.78. The maximum absolute atomic E-state index is 6.12. The van der Waals surface area contributed by atoms with E-state index in [9.17, 15) is 0 Å². The van der Waals surface area contributed by atoms with Crippen LogP contribution in [0.4, 0.5) is 5.69 Å². The molecule has 0 fully saturated rings. The molecule has 0 aliphatic rings. The van der Waals surface area contributed by atoms with Gasteiger partial charge in [-0.05, 0) is 36.8 Å². The largest absolute Gasteiger partial charge is 0.459 e. The fourth-order valence-corrected chi connectivity index (χ4v) is 2.30. The van der Waals surface area contributed by atoms with Gasteiger partial charge in [-0.25, -0.2) is 0 Å². The molecule has 0 amide bonds. The van der Waals surface area contributed by atoms with Crippen LogP contribution < -0.4 is 5.32 Å². The standard InChI is InChI=1S/C18H16ClNO/c1-13-7-8-15(11-17(13)19)20-12-16-9-10-18(21-16)14-5-3-2-4-6-14/h2-11,20H,12H2,1H3. The Hall–Kier alpha value is -2.19. The Kier molecular flexibility index (Phi) is 3.98. The third kappa shape index (κ3) is 3.29. The number of furan rings is 1. The zero-order valence-electron chi connectivity index (χ0n) is 11.8. The van der Waals surface area contributed by atoms with Crippen LogP contribution in [0.2, 0.25) is 5.02 Å². The Morgan fingerprint density at radius 2 is 1.81 bits per heavy atom. The second-order valence-electron chi connectivity index (χ2n) is 4.95. The highest BCUT2D eigenvalue weighted by Gasteiger charge is 2.04. The quantitative estimate of drug-likeness (QED) is 0.686. The lowest BCUT2D eigenvalue weighted by Crippen LogP contribution is -1.98. The normalized spacial score (nSPS) is 10.6. The van der Waals surface area contributed by atoms with Gasteiger partial charge in [0.15, 0.2) is 0 Å². The first-order chi connectivity index (χ1) is 10.2. The van der Waals surface area contributed by atoms with E-state index in [0.29, 0.717) is 6.54 Å². The summed E-state index contributed by atoms with van der Waals surface area (Å²) in [5.41, 5.74) is 3.15. The summed E-state index contributed by atoms with van der Waals surface area (Å²) in [7, 11) is 0. The van der Waals surface area contributed by atoms with Crippen molar-refractivity contribution >= 4 is 17.3 Å². The number of rotatable bonds is 4. The lowest BCUT2D eigenvalue weighted by Gasteiger charge is -2.06. The van der Waals surface area contributed by atoms with E-state index in [0.717, 1.165) is 33.4 Å². The van der Waals surface area contributed by atoms with Crippen LogP contribution in [-0.2, 0) is 6.54 Å². The molecule has 0 aliphatic heterocycles. The summed E-state index contributed by atoms with van der Waals surface area (Å²) in [4.78, 5) is 0. The zero-order chi connectivity index (χ0) is 14.7. The molecule has 1 N–H and O–H groups in total. The van der Waals surface area contributed by atoms with E-state index in [4.69, 9.17) is 16.0 Å². The minimum Gasteiger partial charge on any atom is -0.459 e. The molecular formula is C18H16ClNO. The summed E-state index contributed by atoms with van der Waals surface area (Å²) >= 11 is 6.12. The third-order valence-corrected chi connectivity index (χ3v) is 3.77. The average molecular weight is 298 g/mol.